The average molecular weight is 386 g/mol. The maximum atomic E-state index is 12.3. The molecular weight excluding hydrogens is 350 g/mol. The second-order valence-electron chi connectivity index (χ2n) is 9.02. The van der Waals surface area contributed by atoms with Crippen LogP contribution < -0.4 is 5.32 Å². The number of piperidine rings is 1. The summed E-state index contributed by atoms with van der Waals surface area (Å²) in [7, 11) is 0. The van der Waals surface area contributed by atoms with Gasteiger partial charge in [0.05, 0.1) is 0 Å². The van der Waals surface area contributed by atoms with Crippen LogP contribution in [0.5, 0.6) is 0 Å². The smallest absolute Gasteiger partial charge is 0.410 e. The van der Waals surface area contributed by atoms with E-state index >= 15 is 0 Å². The summed E-state index contributed by atoms with van der Waals surface area (Å²) in [6, 6.07) is 9.90. The van der Waals surface area contributed by atoms with Crippen molar-refractivity contribution in [2.75, 3.05) is 45.8 Å². The van der Waals surface area contributed by atoms with E-state index in [1.807, 2.05) is 35.2 Å². The summed E-state index contributed by atoms with van der Waals surface area (Å²) < 4.78 is 5.48. The van der Waals surface area contributed by atoms with Gasteiger partial charge in [-0.3, -0.25) is 4.90 Å². The standard InChI is InChI=1S/C23H35N3O2/c27-22(28-19-21-4-2-1-3-5-21)26-16-14-25(15-17-26)18-20-6-8-23(9-7-20)10-12-24-13-11-23/h1-5,20,24H,6-19H2. The zero-order chi connectivity index (χ0) is 19.2. The fourth-order valence-corrected chi connectivity index (χ4v) is 5.22. The molecule has 5 nitrogen and oxygen atoms in total. The lowest BCUT2D eigenvalue weighted by atomic mass is 9.65. The van der Waals surface area contributed by atoms with E-state index in [0.29, 0.717) is 12.0 Å². The number of hydrogen-bond donors (Lipinski definition) is 1. The third-order valence-corrected chi connectivity index (χ3v) is 7.18. The molecule has 5 heteroatoms. The Kier molecular flexibility index (Phi) is 6.53. The van der Waals surface area contributed by atoms with Crippen LogP contribution in [0.2, 0.25) is 0 Å². The van der Waals surface area contributed by atoms with Crippen LogP contribution >= 0.6 is 0 Å². The second kappa shape index (κ2) is 9.27. The minimum Gasteiger partial charge on any atom is -0.445 e. The molecule has 0 aromatic heterocycles. The number of carbonyl (C=O) groups is 1. The largest absolute Gasteiger partial charge is 0.445 e. The van der Waals surface area contributed by atoms with Gasteiger partial charge in [0.15, 0.2) is 0 Å². The molecule has 0 atom stereocenters. The summed E-state index contributed by atoms with van der Waals surface area (Å²) in [5, 5.41) is 3.51. The van der Waals surface area contributed by atoms with E-state index in [4.69, 9.17) is 4.74 Å². The molecule has 1 aromatic rings. The lowest BCUT2D eigenvalue weighted by molar-refractivity contribution is 0.0545. The Balaban J connectivity index is 1.15. The quantitative estimate of drug-likeness (QED) is 0.862. The molecule has 1 saturated carbocycles. The number of carbonyl (C=O) groups excluding carboxylic acids is 1. The molecule has 2 heterocycles. The highest BCUT2D eigenvalue weighted by atomic mass is 16.6. The topological polar surface area (TPSA) is 44.8 Å². The minimum atomic E-state index is -0.172. The summed E-state index contributed by atoms with van der Waals surface area (Å²) in [6.07, 6.45) is 8.20. The Morgan fingerprint density at radius 2 is 1.68 bits per heavy atom. The third kappa shape index (κ3) is 5.06. The van der Waals surface area contributed by atoms with Crippen LogP contribution in [0.4, 0.5) is 4.79 Å². The first kappa shape index (κ1) is 19.7. The van der Waals surface area contributed by atoms with E-state index in [-0.39, 0.29) is 6.09 Å². The molecule has 2 aliphatic heterocycles. The third-order valence-electron chi connectivity index (χ3n) is 7.18. The fourth-order valence-electron chi connectivity index (χ4n) is 5.22. The molecule has 0 radical (unpaired) electrons. The molecule has 1 amide bonds. The Morgan fingerprint density at radius 3 is 2.36 bits per heavy atom. The summed E-state index contributed by atoms with van der Waals surface area (Å²) >= 11 is 0. The van der Waals surface area contributed by atoms with Gasteiger partial charge in [-0.05, 0) is 68.5 Å². The highest BCUT2D eigenvalue weighted by molar-refractivity contribution is 5.67. The Hall–Kier alpha value is -1.59. The maximum Gasteiger partial charge on any atom is 0.410 e. The summed E-state index contributed by atoms with van der Waals surface area (Å²) in [5.74, 6) is 0.845. The molecule has 3 fully saturated rings. The first-order valence-corrected chi connectivity index (χ1v) is 11.1. The van der Waals surface area contributed by atoms with E-state index in [2.05, 4.69) is 10.2 Å². The van der Waals surface area contributed by atoms with Gasteiger partial charge in [-0.15, -0.1) is 0 Å². The van der Waals surface area contributed by atoms with Crippen molar-refractivity contribution in [3.05, 3.63) is 35.9 Å². The molecule has 154 valence electrons. The molecule has 1 aromatic carbocycles. The molecule has 1 aliphatic carbocycles. The number of hydrogen-bond acceptors (Lipinski definition) is 4. The Bertz CT molecular complexity index is 612. The molecular formula is C23H35N3O2. The van der Waals surface area contributed by atoms with Crippen LogP contribution in [0.3, 0.4) is 0 Å². The molecule has 3 aliphatic rings. The number of nitrogens with zero attached hydrogens (tertiary/aromatic N) is 2. The van der Waals surface area contributed by atoms with Crippen LogP contribution in [-0.4, -0.2) is 61.7 Å². The van der Waals surface area contributed by atoms with E-state index in [0.717, 1.165) is 37.7 Å². The minimum absolute atomic E-state index is 0.172. The van der Waals surface area contributed by atoms with Crippen molar-refractivity contribution in [2.24, 2.45) is 11.3 Å². The van der Waals surface area contributed by atoms with Gasteiger partial charge in [0.1, 0.15) is 6.61 Å². The monoisotopic (exact) mass is 385 g/mol. The lowest BCUT2D eigenvalue weighted by Gasteiger charge is -2.44. The number of amides is 1. The van der Waals surface area contributed by atoms with Gasteiger partial charge in [-0.1, -0.05) is 30.3 Å². The van der Waals surface area contributed by atoms with E-state index in [1.165, 1.54) is 58.2 Å². The molecule has 1 spiro atoms. The molecule has 1 N–H and O–H groups in total. The van der Waals surface area contributed by atoms with Crippen LogP contribution in [0.1, 0.15) is 44.1 Å². The fraction of sp³-hybridized carbons (Fsp3) is 0.696. The van der Waals surface area contributed by atoms with Crippen molar-refractivity contribution >= 4 is 6.09 Å². The number of nitrogens with one attached hydrogen (secondary N) is 1. The van der Waals surface area contributed by atoms with Gasteiger partial charge in [-0.2, -0.15) is 0 Å². The maximum absolute atomic E-state index is 12.3. The predicted molar refractivity (Wildman–Crippen MR) is 111 cm³/mol. The SMILES string of the molecule is O=C(OCc1ccccc1)N1CCN(CC2CCC3(CCNCC3)CC2)CC1. The number of benzene rings is 1. The van der Waals surface area contributed by atoms with Crippen molar-refractivity contribution in [1.82, 2.24) is 15.1 Å². The van der Waals surface area contributed by atoms with Gasteiger partial charge in [0.25, 0.3) is 0 Å². The second-order valence-corrected chi connectivity index (χ2v) is 9.02. The molecule has 4 rings (SSSR count). The molecule has 0 bridgehead atoms. The first-order valence-electron chi connectivity index (χ1n) is 11.1. The Labute approximate surface area is 169 Å². The van der Waals surface area contributed by atoms with Crippen molar-refractivity contribution in [3.8, 4) is 0 Å². The lowest BCUT2D eigenvalue weighted by Crippen LogP contribution is -2.50. The van der Waals surface area contributed by atoms with Gasteiger partial charge in [-0.25, -0.2) is 4.79 Å². The number of piperazine rings is 1. The summed E-state index contributed by atoms with van der Waals surface area (Å²) in [5.41, 5.74) is 1.70. The molecule has 28 heavy (non-hydrogen) atoms. The van der Waals surface area contributed by atoms with E-state index in [9.17, 15) is 4.79 Å². The average Bonchev–Trinajstić information content (AvgIpc) is 2.76. The first-order chi connectivity index (χ1) is 13.7. The van der Waals surface area contributed by atoms with Gasteiger partial charge in [0.2, 0.25) is 0 Å². The van der Waals surface area contributed by atoms with Crippen molar-refractivity contribution in [3.63, 3.8) is 0 Å². The van der Waals surface area contributed by atoms with Gasteiger partial charge >= 0.3 is 6.09 Å². The van der Waals surface area contributed by atoms with Crippen LogP contribution in [-0.2, 0) is 11.3 Å². The molecule has 0 unspecified atom stereocenters. The Morgan fingerprint density at radius 1 is 1.00 bits per heavy atom. The van der Waals surface area contributed by atoms with Crippen LogP contribution in [0.25, 0.3) is 0 Å². The van der Waals surface area contributed by atoms with E-state index < -0.39 is 0 Å². The summed E-state index contributed by atoms with van der Waals surface area (Å²) in [6.45, 7) is 7.53. The predicted octanol–water partition coefficient (Wildman–Crippen LogP) is 3.50. The highest BCUT2D eigenvalue weighted by Crippen LogP contribution is 2.45. The number of ether oxygens (including phenoxy) is 1. The van der Waals surface area contributed by atoms with Crippen LogP contribution in [0, 0.1) is 11.3 Å². The van der Waals surface area contributed by atoms with Crippen molar-refractivity contribution in [1.29, 1.82) is 0 Å². The zero-order valence-electron chi connectivity index (χ0n) is 17.1. The van der Waals surface area contributed by atoms with Crippen LogP contribution in [0.15, 0.2) is 30.3 Å². The highest BCUT2D eigenvalue weighted by Gasteiger charge is 2.36. The normalized spacial score (nSPS) is 23.6. The molecule has 2 saturated heterocycles. The summed E-state index contributed by atoms with van der Waals surface area (Å²) in [4.78, 5) is 16.7. The van der Waals surface area contributed by atoms with E-state index in [1.54, 1.807) is 0 Å². The van der Waals surface area contributed by atoms with Crippen molar-refractivity contribution in [2.45, 2.75) is 45.1 Å². The van der Waals surface area contributed by atoms with Crippen molar-refractivity contribution < 1.29 is 9.53 Å². The van der Waals surface area contributed by atoms with Gasteiger partial charge < -0.3 is 15.0 Å². The number of rotatable bonds is 4. The van der Waals surface area contributed by atoms with Gasteiger partial charge in [0, 0.05) is 32.7 Å². The zero-order valence-corrected chi connectivity index (χ0v) is 17.1.